The van der Waals surface area contributed by atoms with E-state index in [4.69, 9.17) is 0 Å². The Balaban J connectivity index is 1.38. The average molecular weight is 415 g/mol. The maximum atomic E-state index is 13.9. The van der Waals surface area contributed by atoms with Gasteiger partial charge in [-0.15, -0.1) is 0 Å². The molecule has 0 atom stereocenters. The van der Waals surface area contributed by atoms with Crippen molar-refractivity contribution >= 4 is 17.5 Å². The minimum absolute atomic E-state index is 0.0577. The number of rotatable bonds is 4. The monoisotopic (exact) mass is 415 g/mol. The van der Waals surface area contributed by atoms with Crippen LogP contribution in [-0.4, -0.2) is 60.0 Å². The van der Waals surface area contributed by atoms with Crippen molar-refractivity contribution in [2.45, 2.75) is 32.6 Å². The molecule has 4 rings (SSSR count). The average Bonchev–Trinajstić information content (AvgIpc) is 2.76. The highest BCUT2D eigenvalue weighted by Crippen LogP contribution is 2.23. The van der Waals surface area contributed by atoms with E-state index in [9.17, 15) is 13.6 Å². The molecular formula is C22H27F2N5O. The first-order chi connectivity index (χ1) is 14.5. The predicted molar refractivity (Wildman–Crippen MR) is 112 cm³/mol. The molecule has 2 aromatic rings. The molecule has 0 aliphatic carbocycles. The molecule has 160 valence electrons. The molecule has 0 radical (unpaired) electrons. The van der Waals surface area contributed by atoms with Crippen molar-refractivity contribution in [3.8, 4) is 0 Å². The van der Waals surface area contributed by atoms with E-state index >= 15 is 0 Å². The number of aryl methyl sites for hydroxylation is 1. The lowest BCUT2D eigenvalue weighted by Crippen LogP contribution is -2.49. The Labute approximate surface area is 175 Å². The van der Waals surface area contributed by atoms with Gasteiger partial charge < -0.3 is 14.7 Å². The maximum Gasteiger partial charge on any atom is 0.227 e. The lowest BCUT2D eigenvalue weighted by Gasteiger charge is -2.36. The molecule has 30 heavy (non-hydrogen) atoms. The summed E-state index contributed by atoms with van der Waals surface area (Å²) in [4.78, 5) is 28.0. The molecule has 0 spiro atoms. The van der Waals surface area contributed by atoms with Crippen LogP contribution in [-0.2, 0) is 11.2 Å². The van der Waals surface area contributed by atoms with Crippen molar-refractivity contribution in [2.75, 3.05) is 49.1 Å². The molecule has 2 aliphatic heterocycles. The van der Waals surface area contributed by atoms with Crippen LogP contribution >= 0.6 is 0 Å². The number of hydrogen-bond donors (Lipinski definition) is 0. The second-order valence-corrected chi connectivity index (χ2v) is 7.96. The van der Waals surface area contributed by atoms with Gasteiger partial charge in [0.25, 0.3) is 0 Å². The first kappa shape index (κ1) is 20.5. The zero-order chi connectivity index (χ0) is 21.1. The second-order valence-electron chi connectivity index (χ2n) is 7.96. The number of hydrogen-bond acceptors (Lipinski definition) is 5. The van der Waals surface area contributed by atoms with Gasteiger partial charge in [-0.1, -0.05) is 6.07 Å². The number of aromatic nitrogens is 2. The summed E-state index contributed by atoms with van der Waals surface area (Å²) in [5, 5.41) is 0. The Morgan fingerprint density at radius 3 is 2.17 bits per heavy atom. The van der Waals surface area contributed by atoms with Crippen LogP contribution in [0.15, 0.2) is 24.3 Å². The molecule has 0 bridgehead atoms. The van der Waals surface area contributed by atoms with Gasteiger partial charge in [-0.25, -0.2) is 18.7 Å². The summed E-state index contributed by atoms with van der Waals surface area (Å²) in [6.07, 6.45) is 3.59. The van der Waals surface area contributed by atoms with Crippen molar-refractivity contribution in [3.05, 3.63) is 47.3 Å². The number of piperazine rings is 1. The van der Waals surface area contributed by atoms with E-state index in [0.717, 1.165) is 36.6 Å². The lowest BCUT2D eigenvalue weighted by atomic mass is 10.1. The summed E-state index contributed by atoms with van der Waals surface area (Å²) in [5.41, 5.74) is 0.224. The standard InChI is InChI=1S/C22H27F2N5O/c1-16-25-20(27-7-3-2-4-8-27)15-21(26-16)28-9-11-29(12-10-28)22(30)13-17-5-6-18(23)14-19(17)24/h5-6,14-15H,2-4,7-13H2,1H3. The highest BCUT2D eigenvalue weighted by molar-refractivity contribution is 5.79. The van der Waals surface area contributed by atoms with Crippen molar-refractivity contribution in [3.63, 3.8) is 0 Å². The number of amides is 1. The Kier molecular flexibility index (Phi) is 6.11. The molecule has 1 aromatic carbocycles. The highest BCUT2D eigenvalue weighted by atomic mass is 19.1. The van der Waals surface area contributed by atoms with Crippen LogP contribution in [0.25, 0.3) is 0 Å². The zero-order valence-corrected chi connectivity index (χ0v) is 17.3. The predicted octanol–water partition coefficient (Wildman–Crippen LogP) is 2.94. The van der Waals surface area contributed by atoms with Gasteiger partial charge in [-0.05, 0) is 37.8 Å². The number of piperidine rings is 1. The maximum absolute atomic E-state index is 13.9. The van der Waals surface area contributed by atoms with Crippen molar-refractivity contribution in [2.24, 2.45) is 0 Å². The summed E-state index contributed by atoms with van der Waals surface area (Å²) in [6.45, 7) is 6.37. The molecule has 1 aromatic heterocycles. The molecule has 2 fully saturated rings. The number of halogens is 2. The molecule has 3 heterocycles. The van der Waals surface area contributed by atoms with Gasteiger partial charge in [0, 0.05) is 51.4 Å². The Morgan fingerprint density at radius 1 is 0.900 bits per heavy atom. The van der Waals surface area contributed by atoms with E-state index in [-0.39, 0.29) is 17.9 Å². The fourth-order valence-electron chi connectivity index (χ4n) is 4.11. The topological polar surface area (TPSA) is 52.6 Å². The smallest absolute Gasteiger partial charge is 0.227 e. The summed E-state index contributed by atoms with van der Waals surface area (Å²) >= 11 is 0. The van der Waals surface area contributed by atoms with Crippen molar-refractivity contribution in [1.29, 1.82) is 0 Å². The molecule has 2 aliphatic rings. The largest absolute Gasteiger partial charge is 0.356 e. The fourth-order valence-corrected chi connectivity index (χ4v) is 4.11. The minimum atomic E-state index is -0.677. The van der Waals surface area contributed by atoms with E-state index in [1.807, 2.05) is 13.0 Å². The molecular weight excluding hydrogens is 388 g/mol. The number of nitrogens with zero attached hydrogens (tertiary/aromatic N) is 5. The third kappa shape index (κ3) is 4.68. The van der Waals surface area contributed by atoms with Crippen LogP contribution in [0, 0.1) is 18.6 Å². The molecule has 0 saturated carbocycles. The Morgan fingerprint density at radius 2 is 1.53 bits per heavy atom. The van der Waals surface area contributed by atoms with Gasteiger partial charge in [0.2, 0.25) is 5.91 Å². The summed E-state index contributed by atoms with van der Waals surface area (Å²) in [7, 11) is 0. The van der Waals surface area contributed by atoms with E-state index < -0.39 is 11.6 Å². The lowest BCUT2D eigenvalue weighted by molar-refractivity contribution is -0.130. The van der Waals surface area contributed by atoms with E-state index in [1.54, 1.807) is 4.90 Å². The van der Waals surface area contributed by atoms with Crippen LogP contribution in [0.2, 0.25) is 0 Å². The molecule has 6 nitrogen and oxygen atoms in total. The second kappa shape index (κ2) is 8.93. The van der Waals surface area contributed by atoms with Gasteiger partial charge in [-0.2, -0.15) is 0 Å². The Bertz CT molecular complexity index is 908. The number of carbonyl (C=O) groups excluding carboxylic acids is 1. The normalized spacial score (nSPS) is 17.4. The van der Waals surface area contributed by atoms with E-state index in [0.29, 0.717) is 26.2 Å². The van der Waals surface area contributed by atoms with Crippen molar-refractivity contribution in [1.82, 2.24) is 14.9 Å². The number of carbonyl (C=O) groups is 1. The van der Waals surface area contributed by atoms with Crippen LogP contribution in [0.5, 0.6) is 0 Å². The fraction of sp³-hybridized carbons (Fsp3) is 0.500. The van der Waals surface area contributed by atoms with Crippen LogP contribution in [0.3, 0.4) is 0 Å². The van der Waals surface area contributed by atoms with Gasteiger partial charge in [0.1, 0.15) is 29.1 Å². The molecule has 0 N–H and O–H groups in total. The third-order valence-electron chi connectivity index (χ3n) is 5.80. The van der Waals surface area contributed by atoms with Gasteiger partial charge in [0.05, 0.1) is 6.42 Å². The van der Waals surface area contributed by atoms with Crippen LogP contribution in [0.1, 0.15) is 30.7 Å². The molecule has 0 unspecified atom stereocenters. The van der Waals surface area contributed by atoms with E-state index in [2.05, 4.69) is 19.8 Å². The molecule has 8 heteroatoms. The number of benzene rings is 1. The first-order valence-corrected chi connectivity index (χ1v) is 10.6. The minimum Gasteiger partial charge on any atom is -0.356 e. The van der Waals surface area contributed by atoms with Crippen LogP contribution < -0.4 is 9.80 Å². The Hall–Kier alpha value is -2.77. The quantitative estimate of drug-likeness (QED) is 0.769. The molecule has 2 saturated heterocycles. The van der Waals surface area contributed by atoms with Gasteiger partial charge in [-0.3, -0.25) is 4.79 Å². The summed E-state index contributed by atoms with van der Waals surface area (Å²) < 4.78 is 26.9. The summed E-state index contributed by atoms with van der Waals surface area (Å²) in [5.74, 6) is 1.15. The van der Waals surface area contributed by atoms with Gasteiger partial charge >= 0.3 is 0 Å². The first-order valence-electron chi connectivity index (χ1n) is 10.6. The number of anilines is 2. The zero-order valence-electron chi connectivity index (χ0n) is 17.3. The SMILES string of the molecule is Cc1nc(N2CCCCC2)cc(N2CCN(C(=O)Cc3ccc(F)cc3F)CC2)n1. The van der Waals surface area contributed by atoms with Gasteiger partial charge in [0.15, 0.2) is 0 Å². The highest BCUT2D eigenvalue weighted by Gasteiger charge is 2.24. The third-order valence-corrected chi connectivity index (χ3v) is 5.80. The van der Waals surface area contributed by atoms with Crippen LogP contribution in [0.4, 0.5) is 20.4 Å². The molecule has 1 amide bonds. The van der Waals surface area contributed by atoms with Crippen molar-refractivity contribution < 1.29 is 13.6 Å². The summed E-state index contributed by atoms with van der Waals surface area (Å²) in [6, 6.07) is 5.38. The van der Waals surface area contributed by atoms with E-state index in [1.165, 1.54) is 31.4 Å².